The molecule has 2 aromatic rings. The molecule has 27 heavy (non-hydrogen) atoms. The van der Waals surface area contributed by atoms with Crippen molar-refractivity contribution in [3.63, 3.8) is 0 Å². The summed E-state index contributed by atoms with van der Waals surface area (Å²) >= 11 is 0. The second-order valence-corrected chi connectivity index (χ2v) is 8.23. The maximum absolute atomic E-state index is 13.2. The highest BCUT2D eigenvalue weighted by molar-refractivity contribution is 6.07. The summed E-state index contributed by atoms with van der Waals surface area (Å²) in [7, 11) is 2.18. The number of para-hydroxylation sites is 1. The number of carbonyl (C=O) groups is 2. The number of nitrogens with zero attached hydrogens (tertiary/aromatic N) is 3. The van der Waals surface area contributed by atoms with Gasteiger partial charge in [-0.1, -0.05) is 25.1 Å². The van der Waals surface area contributed by atoms with Crippen LogP contribution in [0.15, 0.2) is 24.4 Å². The first-order valence-corrected chi connectivity index (χ1v) is 10.1. The maximum atomic E-state index is 13.2. The van der Waals surface area contributed by atoms with E-state index in [0.717, 1.165) is 37.0 Å². The lowest BCUT2D eigenvalue weighted by atomic mass is 9.96. The van der Waals surface area contributed by atoms with Crippen LogP contribution in [0.4, 0.5) is 0 Å². The highest BCUT2D eigenvalue weighted by atomic mass is 16.2. The molecule has 0 N–H and O–H groups in total. The van der Waals surface area contributed by atoms with Crippen LogP contribution in [0.3, 0.4) is 0 Å². The van der Waals surface area contributed by atoms with Crippen LogP contribution >= 0.6 is 0 Å². The van der Waals surface area contributed by atoms with Crippen molar-refractivity contribution in [3.05, 3.63) is 35.5 Å². The minimum absolute atomic E-state index is 0.0499. The van der Waals surface area contributed by atoms with Gasteiger partial charge in [-0.15, -0.1) is 0 Å². The minimum Gasteiger partial charge on any atom is -0.339 e. The van der Waals surface area contributed by atoms with Gasteiger partial charge in [-0.05, 0) is 44.7 Å². The number of likely N-dealkylation sites (N-methyl/N-ethyl adjacent to an activating group) is 1. The average Bonchev–Trinajstić information content (AvgIpc) is 2.79. The number of fused-ring (bicyclic) bond motifs is 5. The Morgan fingerprint density at radius 3 is 2.67 bits per heavy atom. The second-order valence-electron chi connectivity index (χ2n) is 8.23. The molecule has 0 saturated carbocycles. The van der Waals surface area contributed by atoms with Crippen LogP contribution in [0, 0.1) is 5.92 Å². The van der Waals surface area contributed by atoms with E-state index in [0.29, 0.717) is 24.1 Å². The Morgan fingerprint density at radius 1 is 1.15 bits per heavy atom. The number of hydrogen-bond acceptors (Lipinski definition) is 3. The first-order chi connectivity index (χ1) is 13.0. The van der Waals surface area contributed by atoms with Gasteiger partial charge < -0.3 is 14.4 Å². The molecule has 1 aromatic carbocycles. The molecular formula is C22H29N3O2. The van der Waals surface area contributed by atoms with Crippen molar-refractivity contribution >= 4 is 22.6 Å². The van der Waals surface area contributed by atoms with Crippen LogP contribution < -0.4 is 0 Å². The second kappa shape index (κ2) is 7.12. The van der Waals surface area contributed by atoms with Crippen molar-refractivity contribution in [1.82, 2.24) is 14.4 Å². The molecule has 3 fully saturated rings. The summed E-state index contributed by atoms with van der Waals surface area (Å²) in [4.78, 5) is 29.8. The molecule has 1 aromatic heterocycles. The van der Waals surface area contributed by atoms with Gasteiger partial charge in [-0.2, -0.15) is 0 Å². The van der Waals surface area contributed by atoms with E-state index in [9.17, 15) is 9.59 Å². The van der Waals surface area contributed by atoms with E-state index in [-0.39, 0.29) is 11.7 Å². The standard InChI is InChI=1S/C22H29N3O2/c1-4-17-6-5-7-19-20(15(2)26)13-25(22(17)19)14-21(27)24-11-16-8-9-18(12-24)23(3)10-16/h5-7,13,16,18H,4,8-12,14H2,1-3H3/t16-,18-/m1/s1. The molecule has 0 unspecified atom stereocenters. The van der Waals surface area contributed by atoms with E-state index in [1.165, 1.54) is 18.4 Å². The number of benzene rings is 1. The fourth-order valence-electron chi connectivity index (χ4n) is 4.89. The third-order valence-electron chi connectivity index (χ3n) is 6.39. The highest BCUT2D eigenvalue weighted by Gasteiger charge is 2.34. The maximum Gasteiger partial charge on any atom is 0.242 e. The predicted molar refractivity (Wildman–Crippen MR) is 107 cm³/mol. The van der Waals surface area contributed by atoms with Crippen LogP contribution in [0.2, 0.25) is 0 Å². The molecule has 4 heterocycles. The Labute approximate surface area is 160 Å². The quantitative estimate of drug-likeness (QED) is 0.781. The minimum atomic E-state index is 0.0499. The molecular weight excluding hydrogens is 338 g/mol. The molecule has 144 valence electrons. The van der Waals surface area contributed by atoms with Crippen LogP contribution in [0.5, 0.6) is 0 Å². The van der Waals surface area contributed by atoms with Crippen LogP contribution in [-0.4, -0.2) is 58.8 Å². The molecule has 2 bridgehead atoms. The van der Waals surface area contributed by atoms with E-state index in [2.05, 4.69) is 29.8 Å². The fraction of sp³-hybridized carbons (Fsp3) is 0.545. The van der Waals surface area contributed by atoms with Gasteiger partial charge in [0.05, 0.1) is 5.52 Å². The number of amides is 1. The zero-order chi connectivity index (χ0) is 19.1. The van der Waals surface area contributed by atoms with E-state index in [1.54, 1.807) is 6.92 Å². The van der Waals surface area contributed by atoms with Crippen molar-refractivity contribution in [1.29, 1.82) is 0 Å². The van der Waals surface area contributed by atoms with Gasteiger partial charge in [-0.25, -0.2) is 0 Å². The van der Waals surface area contributed by atoms with Gasteiger partial charge in [0.25, 0.3) is 0 Å². The van der Waals surface area contributed by atoms with E-state index < -0.39 is 0 Å². The van der Waals surface area contributed by atoms with Crippen molar-refractivity contribution in [2.24, 2.45) is 5.92 Å². The molecule has 3 aliphatic rings. The summed E-state index contributed by atoms with van der Waals surface area (Å²) in [6, 6.07) is 6.57. The smallest absolute Gasteiger partial charge is 0.242 e. The summed E-state index contributed by atoms with van der Waals surface area (Å²) in [6.07, 6.45) is 5.17. The number of ketones is 1. The molecule has 0 spiro atoms. The van der Waals surface area contributed by atoms with E-state index in [4.69, 9.17) is 0 Å². The third kappa shape index (κ3) is 3.29. The topological polar surface area (TPSA) is 45.6 Å². The number of Topliss-reactive ketones (excluding diaryl/α,β-unsaturated/α-hetero) is 1. The number of hydrogen-bond donors (Lipinski definition) is 0. The summed E-state index contributed by atoms with van der Waals surface area (Å²) in [5.41, 5.74) is 2.93. The Balaban J connectivity index is 1.65. The van der Waals surface area contributed by atoms with Gasteiger partial charge in [0, 0.05) is 42.8 Å². The normalized spacial score (nSPS) is 23.0. The van der Waals surface area contributed by atoms with E-state index in [1.807, 2.05) is 22.9 Å². The van der Waals surface area contributed by atoms with Crippen LogP contribution in [-0.2, 0) is 17.8 Å². The molecule has 0 aliphatic carbocycles. The highest BCUT2D eigenvalue weighted by Crippen LogP contribution is 2.28. The van der Waals surface area contributed by atoms with Crippen molar-refractivity contribution in [3.8, 4) is 0 Å². The number of carbonyl (C=O) groups excluding carboxylic acids is 2. The number of aryl methyl sites for hydroxylation is 1. The van der Waals surface area contributed by atoms with Gasteiger partial charge in [0.2, 0.25) is 5.91 Å². The van der Waals surface area contributed by atoms with Gasteiger partial charge >= 0.3 is 0 Å². The molecule has 5 rings (SSSR count). The average molecular weight is 367 g/mol. The first kappa shape index (κ1) is 18.2. The summed E-state index contributed by atoms with van der Waals surface area (Å²) in [5.74, 6) is 0.798. The zero-order valence-corrected chi connectivity index (χ0v) is 16.6. The zero-order valence-electron chi connectivity index (χ0n) is 16.6. The Morgan fingerprint density at radius 2 is 1.96 bits per heavy atom. The lowest BCUT2D eigenvalue weighted by Crippen LogP contribution is -2.42. The van der Waals surface area contributed by atoms with Crippen LogP contribution in [0.1, 0.15) is 42.6 Å². The van der Waals surface area contributed by atoms with Crippen molar-refractivity contribution < 1.29 is 9.59 Å². The molecule has 1 amide bonds. The van der Waals surface area contributed by atoms with Crippen molar-refractivity contribution in [2.45, 2.75) is 45.7 Å². The summed E-state index contributed by atoms with van der Waals surface area (Å²) in [6.45, 7) is 6.80. The van der Waals surface area contributed by atoms with Gasteiger partial charge in [0.15, 0.2) is 5.78 Å². The molecule has 0 radical (unpaired) electrons. The van der Waals surface area contributed by atoms with Gasteiger partial charge in [-0.3, -0.25) is 9.59 Å². The van der Waals surface area contributed by atoms with Crippen LogP contribution in [0.25, 0.3) is 10.9 Å². The fourth-order valence-corrected chi connectivity index (χ4v) is 4.89. The lowest BCUT2D eigenvalue weighted by molar-refractivity contribution is -0.132. The molecule has 5 heteroatoms. The molecule has 2 atom stereocenters. The molecule has 3 aliphatic heterocycles. The SMILES string of the molecule is CCc1cccc2c(C(C)=O)cn(CC(=O)N3C[C@@H]4CC[C@H](C3)N(C)C4)c12. The third-order valence-corrected chi connectivity index (χ3v) is 6.39. The summed E-state index contributed by atoms with van der Waals surface area (Å²) in [5, 5.41) is 0.963. The van der Waals surface area contributed by atoms with Crippen molar-refractivity contribution in [2.75, 3.05) is 26.7 Å². The molecule has 3 saturated heterocycles. The lowest BCUT2D eigenvalue weighted by Gasteiger charge is -2.32. The Hall–Kier alpha value is -2.14. The van der Waals surface area contributed by atoms with Gasteiger partial charge in [0.1, 0.15) is 6.54 Å². The Kier molecular flexibility index (Phi) is 4.81. The number of rotatable bonds is 4. The first-order valence-electron chi connectivity index (χ1n) is 10.1. The monoisotopic (exact) mass is 367 g/mol. The Bertz CT molecular complexity index is 885. The predicted octanol–water partition coefficient (Wildman–Crippen LogP) is 2.96. The summed E-state index contributed by atoms with van der Waals surface area (Å²) < 4.78 is 2.00. The largest absolute Gasteiger partial charge is 0.339 e. The number of piperidine rings is 1. The number of aromatic nitrogens is 1. The van der Waals surface area contributed by atoms with E-state index >= 15 is 0 Å². The molecule has 5 nitrogen and oxygen atoms in total.